The number of hydrogen-bond donors (Lipinski definition) is 1. The summed E-state index contributed by atoms with van der Waals surface area (Å²) < 4.78 is 6.74. The first-order chi connectivity index (χ1) is 10.0. The second-order valence-electron chi connectivity index (χ2n) is 4.95. The molecule has 1 heterocycles. The Morgan fingerprint density at radius 3 is 2.38 bits per heavy atom. The smallest absolute Gasteiger partial charge is 0.161 e. The lowest BCUT2D eigenvalue weighted by Crippen LogP contribution is -2.06. The molecule has 112 valence electrons. The molecule has 2 rings (SSSR count). The summed E-state index contributed by atoms with van der Waals surface area (Å²) in [7, 11) is 1.88. The second kappa shape index (κ2) is 7.06. The molecule has 0 amide bonds. The summed E-state index contributed by atoms with van der Waals surface area (Å²) in [6.07, 6.45) is 1.06. The Balaban J connectivity index is 2.37. The molecular formula is C16H20IN3O. The third-order valence-corrected chi connectivity index (χ3v) is 4.11. The van der Waals surface area contributed by atoms with Crippen molar-refractivity contribution in [1.82, 2.24) is 9.97 Å². The lowest BCUT2D eigenvalue weighted by molar-refractivity contribution is 0.242. The molecule has 0 radical (unpaired) electrons. The Hall–Kier alpha value is -1.37. The van der Waals surface area contributed by atoms with Crippen LogP contribution < -0.4 is 10.1 Å². The first-order valence-corrected chi connectivity index (χ1v) is 8.14. The number of halogens is 1. The van der Waals surface area contributed by atoms with E-state index in [-0.39, 0.29) is 6.10 Å². The molecule has 0 unspecified atom stereocenters. The Labute approximate surface area is 139 Å². The van der Waals surface area contributed by atoms with Crippen molar-refractivity contribution in [3.63, 3.8) is 0 Å². The van der Waals surface area contributed by atoms with Crippen molar-refractivity contribution in [2.24, 2.45) is 0 Å². The third kappa shape index (κ3) is 3.84. The Kier molecular flexibility index (Phi) is 5.39. The van der Waals surface area contributed by atoms with Crippen LogP contribution in [0.3, 0.4) is 0 Å². The number of benzene rings is 1. The van der Waals surface area contributed by atoms with Crippen molar-refractivity contribution in [1.29, 1.82) is 0 Å². The second-order valence-corrected chi connectivity index (χ2v) is 6.03. The predicted molar refractivity (Wildman–Crippen MR) is 94.9 cm³/mol. The fraction of sp³-hybridized carbons (Fsp3) is 0.375. The van der Waals surface area contributed by atoms with Crippen molar-refractivity contribution in [3.8, 4) is 17.1 Å². The van der Waals surface area contributed by atoms with Crippen LogP contribution in [0, 0.1) is 3.57 Å². The molecule has 0 aliphatic rings. The van der Waals surface area contributed by atoms with Gasteiger partial charge in [0.25, 0.3) is 0 Å². The number of anilines is 1. The number of ether oxygens (including phenoxy) is 1. The minimum absolute atomic E-state index is 0.174. The van der Waals surface area contributed by atoms with Crippen LogP contribution in [0.1, 0.15) is 26.5 Å². The maximum atomic E-state index is 5.66. The summed E-state index contributed by atoms with van der Waals surface area (Å²) >= 11 is 2.29. The van der Waals surface area contributed by atoms with Crippen molar-refractivity contribution >= 4 is 28.4 Å². The molecule has 0 fully saturated rings. The van der Waals surface area contributed by atoms with Crippen molar-refractivity contribution in [2.75, 3.05) is 12.4 Å². The minimum atomic E-state index is 0.174. The normalized spacial score (nSPS) is 10.8. The molecule has 21 heavy (non-hydrogen) atoms. The van der Waals surface area contributed by atoms with E-state index in [0.717, 1.165) is 38.6 Å². The molecule has 0 saturated carbocycles. The van der Waals surface area contributed by atoms with Gasteiger partial charge in [-0.2, -0.15) is 0 Å². The van der Waals surface area contributed by atoms with Gasteiger partial charge in [-0.25, -0.2) is 9.97 Å². The highest BCUT2D eigenvalue weighted by atomic mass is 127. The van der Waals surface area contributed by atoms with Crippen LogP contribution in [0.15, 0.2) is 24.3 Å². The molecule has 0 spiro atoms. The van der Waals surface area contributed by atoms with Crippen LogP contribution in [0.4, 0.5) is 5.82 Å². The highest BCUT2D eigenvalue weighted by Gasteiger charge is 2.11. The first kappa shape index (κ1) is 16.0. The van der Waals surface area contributed by atoms with Crippen LogP contribution in [-0.2, 0) is 6.42 Å². The zero-order valence-electron chi connectivity index (χ0n) is 12.8. The van der Waals surface area contributed by atoms with Gasteiger partial charge in [-0.15, -0.1) is 0 Å². The summed E-state index contributed by atoms with van der Waals surface area (Å²) in [5, 5.41) is 3.13. The van der Waals surface area contributed by atoms with Crippen LogP contribution >= 0.6 is 22.6 Å². The largest absolute Gasteiger partial charge is 0.491 e. The van der Waals surface area contributed by atoms with Crippen molar-refractivity contribution in [2.45, 2.75) is 33.3 Å². The lowest BCUT2D eigenvalue weighted by Gasteiger charge is -2.12. The standard InChI is InChI=1S/C16H20IN3O/c1-5-13-14(17)16(18-4)20-15(19-13)11-6-8-12(9-7-11)21-10(2)3/h6-10H,5H2,1-4H3,(H,18,19,20). The summed E-state index contributed by atoms with van der Waals surface area (Å²) in [6.45, 7) is 6.14. The van der Waals surface area contributed by atoms with E-state index in [2.05, 4.69) is 44.8 Å². The van der Waals surface area contributed by atoms with Gasteiger partial charge in [-0.3, -0.25) is 0 Å². The van der Waals surface area contributed by atoms with Crippen LogP contribution in [0.5, 0.6) is 5.75 Å². The van der Waals surface area contributed by atoms with E-state index >= 15 is 0 Å². The average Bonchev–Trinajstić information content (AvgIpc) is 2.48. The van der Waals surface area contributed by atoms with Gasteiger partial charge in [0, 0.05) is 12.6 Å². The molecule has 1 N–H and O–H groups in total. The predicted octanol–water partition coefficient (Wildman–Crippen LogP) is 4.14. The summed E-state index contributed by atoms with van der Waals surface area (Å²) in [5.74, 6) is 2.48. The number of rotatable bonds is 5. The molecule has 0 saturated heterocycles. The topological polar surface area (TPSA) is 47.0 Å². The van der Waals surface area contributed by atoms with E-state index in [1.54, 1.807) is 0 Å². The third-order valence-electron chi connectivity index (χ3n) is 2.98. The number of hydrogen-bond acceptors (Lipinski definition) is 4. The van der Waals surface area contributed by atoms with Gasteiger partial charge in [0.15, 0.2) is 5.82 Å². The zero-order valence-corrected chi connectivity index (χ0v) is 14.9. The van der Waals surface area contributed by atoms with Gasteiger partial charge in [0.2, 0.25) is 0 Å². The van der Waals surface area contributed by atoms with E-state index in [1.165, 1.54) is 0 Å². The first-order valence-electron chi connectivity index (χ1n) is 7.06. The molecule has 1 aromatic heterocycles. The molecule has 5 heteroatoms. The van der Waals surface area contributed by atoms with Gasteiger partial charge in [-0.1, -0.05) is 6.92 Å². The maximum Gasteiger partial charge on any atom is 0.161 e. The van der Waals surface area contributed by atoms with E-state index in [0.29, 0.717) is 0 Å². The van der Waals surface area contributed by atoms with E-state index in [1.807, 2.05) is 45.2 Å². The van der Waals surface area contributed by atoms with Crippen LogP contribution in [0.2, 0.25) is 0 Å². The number of nitrogens with one attached hydrogen (secondary N) is 1. The van der Waals surface area contributed by atoms with Crippen molar-refractivity contribution in [3.05, 3.63) is 33.5 Å². The van der Waals surface area contributed by atoms with Crippen LogP contribution in [0.25, 0.3) is 11.4 Å². The molecule has 0 aliphatic carbocycles. The number of aryl methyl sites for hydroxylation is 1. The Bertz CT molecular complexity index is 586. The van der Waals surface area contributed by atoms with Gasteiger partial charge in [0.1, 0.15) is 11.6 Å². The minimum Gasteiger partial charge on any atom is -0.491 e. The van der Waals surface area contributed by atoms with Gasteiger partial charge in [-0.05, 0) is 67.1 Å². The van der Waals surface area contributed by atoms with E-state index in [9.17, 15) is 0 Å². The fourth-order valence-electron chi connectivity index (χ4n) is 1.98. The summed E-state index contributed by atoms with van der Waals surface area (Å²) in [4.78, 5) is 9.25. The summed E-state index contributed by atoms with van der Waals surface area (Å²) in [5.41, 5.74) is 2.06. The number of aromatic nitrogens is 2. The monoisotopic (exact) mass is 397 g/mol. The quantitative estimate of drug-likeness (QED) is 0.771. The summed E-state index contributed by atoms with van der Waals surface area (Å²) in [6, 6.07) is 7.92. The molecule has 1 aromatic carbocycles. The Morgan fingerprint density at radius 2 is 1.86 bits per heavy atom. The lowest BCUT2D eigenvalue weighted by atomic mass is 10.2. The number of nitrogens with zero attached hydrogens (tertiary/aromatic N) is 2. The fourth-order valence-corrected chi connectivity index (χ4v) is 2.87. The highest BCUT2D eigenvalue weighted by molar-refractivity contribution is 14.1. The molecule has 2 aromatic rings. The van der Waals surface area contributed by atoms with Crippen molar-refractivity contribution < 1.29 is 4.74 Å². The van der Waals surface area contributed by atoms with E-state index in [4.69, 9.17) is 4.74 Å². The van der Waals surface area contributed by atoms with Gasteiger partial charge >= 0.3 is 0 Å². The van der Waals surface area contributed by atoms with Gasteiger partial charge in [0.05, 0.1) is 15.4 Å². The molecular weight excluding hydrogens is 377 g/mol. The van der Waals surface area contributed by atoms with Crippen LogP contribution in [-0.4, -0.2) is 23.1 Å². The SMILES string of the molecule is CCc1nc(-c2ccc(OC(C)C)cc2)nc(NC)c1I. The molecule has 0 aliphatic heterocycles. The average molecular weight is 397 g/mol. The zero-order chi connectivity index (χ0) is 15.4. The molecule has 0 atom stereocenters. The maximum absolute atomic E-state index is 5.66. The molecule has 4 nitrogen and oxygen atoms in total. The highest BCUT2D eigenvalue weighted by Crippen LogP contribution is 2.25. The molecule has 0 bridgehead atoms. The van der Waals surface area contributed by atoms with E-state index < -0.39 is 0 Å². The Morgan fingerprint density at radius 1 is 1.19 bits per heavy atom. The van der Waals surface area contributed by atoms with Gasteiger partial charge < -0.3 is 10.1 Å².